The van der Waals surface area contributed by atoms with Crippen LogP contribution in [0.1, 0.15) is 56.0 Å². The molecule has 5 nitrogen and oxygen atoms in total. The van der Waals surface area contributed by atoms with Gasteiger partial charge in [-0.15, -0.1) is 0 Å². The number of aliphatic hydroxyl groups is 1. The maximum Gasteiger partial charge on any atom is 0.136 e. The van der Waals surface area contributed by atoms with Crippen LogP contribution in [-0.4, -0.2) is 35.3 Å². The number of para-hydroxylation sites is 1. The quantitative estimate of drug-likeness (QED) is 0.339. The van der Waals surface area contributed by atoms with Crippen molar-refractivity contribution in [2.24, 2.45) is 9.98 Å². The molecule has 0 amide bonds. The van der Waals surface area contributed by atoms with Crippen molar-refractivity contribution >= 4 is 28.5 Å². The predicted molar refractivity (Wildman–Crippen MR) is 130 cm³/mol. The van der Waals surface area contributed by atoms with E-state index in [0.29, 0.717) is 0 Å². The molecule has 0 fully saturated rings. The van der Waals surface area contributed by atoms with E-state index in [1.807, 2.05) is 26.0 Å². The average molecular weight is 418 g/mol. The summed E-state index contributed by atoms with van der Waals surface area (Å²) in [6.45, 7) is 18.2. The van der Waals surface area contributed by atoms with Gasteiger partial charge >= 0.3 is 0 Å². The van der Waals surface area contributed by atoms with Gasteiger partial charge in [-0.1, -0.05) is 45.2 Å². The lowest BCUT2D eigenvalue weighted by Gasteiger charge is -2.43. The molecular formula is C26H31N3O2. The lowest BCUT2D eigenvalue weighted by molar-refractivity contribution is 0.275. The fraction of sp³-hybridized carbons (Fsp3) is 0.346. The molecule has 5 heteroatoms. The monoisotopic (exact) mass is 417 g/mol. The number of pyridine rings is 1. The minimum Gasteiger partial charge on any atom is -0.508 e. The van der Waals surface area contributed by atoms with Gasteiger partial charge in [0.1, 0.15) is 18.4 Å². The van der Waals surface area contributed by atoms with Gasteiger partial charge in [-0.3, -0.25) is 9.98 Å². The molecule has 3 rings (SSSR count). The summed E-state index contributed by atoms with van der Waals surface area (Å²) in [5, 5.41) is 12.0. The summed E-state index contributed by atoms with van der Waals surface area (Å²) in [4.78, 5) is 13.9. The summed E-state index contributed by atoms with van der Waals surface area (Å²) in [6, 6.07) is 5.81. The van der Waals surface area contributed by atoms with Crippen LogP contribution in [0.3, 0.4) is 0 Å². The summed E-state index contributed by atoms with van der Waals surface area (Å²) in [5.41, 5.74) is 6.58. The number of ether oxygens (including phenoxy) is 1. The number of hydrogen-bond donors (Lipinski definition) is 1. The maximum absolute atomic E-state index is 11.0. The molecular weight excluding hydrogens is 386 g/mol. The van der Waals surface area contributed by atoms with Crippen molar-refractivity contribution in [2.75, 3.05) is 7.11 Å². The van der Waals surface area contributed by atoms with Gasteiger partial charge in [-0.2, -0.15) is 0 Å². The molecule has 1 aromatic carbocycles. The summed E-state index contributed by atoms with van der Waals surface area (Å²) in [6.07, 6.45) is 4.56. The number of benzene rings is 1. The number of methoxy groups -OCH3 is 1. The van der Waals surface area contributed by atoms with Crippen LogP contribution in [0.25, 0.3) is 16.5 Å². The second-order valence-corrected chi connectivity index (χ2v) is 8.56. The topological polar surface area (TPSA) is 67.1 Å². The van der Waals surface area contributed by atoms with Crippen LogP contribution in [0.4, 0.5) is 0 Å². The number of rotatable bonds is 7. The van der Waals surface area contributed by atoms with Crippen LogP contribution in [0, 0.1) is 6.92 Å². The van der Waals surface area contributed by atoms with Gasteiger partial charge < -0.3 is 9.84 Å². The minimum atomic E-state index is -0.440. The van der Waals surface area contributed by atoms with E-state index in [-0.39, 0.29) is 17.2 Å². The van der Waals surface area contributed by atoms with Crippen LogP contribution in [-0.2, 0) is 10.2 Å². The van der Waals surface area contributed by atoms with Crippen LogP contribution in [0.2, 0.25) is 0 Å². The Bertz CT molecular complexity index is 1140. The Morgan fingerprint density at radius 1 is 1.32 bits per heavy atom. The highest BCUT2D eigenvalue weighted by Gasteiger charge is 2.45. The van der Waals surface area contributed by atoms with E-state index in [1.54, 1.807) is 6.08 Å². The van der Waals surface area contributed by atoms with Crippen LogP contribution < -0.4 is 0 Å². The van der Waals surface area contributed by atoms with E-state index in [0.717, 1.165) is 44.6 Å². The lowest BCUT2D eigenvalue weighted by Crippen LogP contribution is -2.35. The normalized spacial score (nSPS) is 17.9. The molecule has 1 aliphatic rings. The molecule has 0 aliphatic heterocycles. The standard InChI is InChI=1S/C26H31N3O2/c1-9-16(3)27-14-28-18(5)22(20(30)13-31-8)23-19-12-10-11-15(2)24(19)29-25-21(23)17(4)26(25,6)7/h9-14,18,22,30H,1,4H2,2-3,5-8H3/b20-13-,27-16?,28-14?. The molecule has 1 N–H and O–H groups in total. The molecule has 0 spiro atoms. The second-order valence-electron chi connectivity index (χ2n) is 8.56. The van der Waals surface area contributed by atoms with Crippen molar-refractivity contribution < 1.29 is 9.84 Å². The molecule has 0 saturated heterocycles. The zero-order chi connectivity index (χ0) is 22.9. The van der Waals surface area contributed by atoms with E-state index in [1.165, 1.54) is 19.7 Å². The first-order valence-corrected chi connectivity index (χ1v) is 10.4. The Kier molecular flexibility index (Phi) is 6.16. The van der Waals surface area contributed by atoms with Gasteiger partial charge in [0, 0.05) is 22.1 Å². The Hall–Kier alpha value is -3.21. The first kappa shape index (κ1) is 22.5. The molecule has 1 aromatic heterocycles. The third-order valence-corrected chi connectivity index (χ3v) is 6.12. The zero-order valence-corrected chi connectivity index (χ0v) is 19.2. The zero-order valence-electron chi connectivity index (χ0n) is 19.2. The third-order valence-electron chi connectivity index (χ3n) is 6.12. The minimum absolute atomic E-state index is 0.102. The third kappa shape index (κ3) is 3.80. The number of aliphatic imine (C=N–C) groups is 2. The van der Waals surface area contributed by atoms with Crippen molar-refractivity contribution in [1.29, 1.82) is 0 Å². The number of allylic oxidation sites excluding steroid dienone is 2. The van der Waals surface area contributed by atoms with E-state index in [9.17, 15) is 5.11 Å². The van der Waals surface area contributed by atoms with Gasteiger partial charge in [-0.25, -0.2) is 4.99 Å². The average Bonchev–Trinajstić information content (AvgIpc) is 2.73. The Morgan fingerprint density at radius 3 is 2.68 bits per heavy atom. The summed E-state index contributed by atoms with van der Waals surface area (Å²) in [5.74, 6) is -0.338. The first-order valence-electron chi connectivity index (χ1n) is 10.4. The summed E-state index contributed by atoms with van der Waals surface area (Å²) < 4.78 is 5.17. The second kappa shape index (κ2) is 8.50. The van der Waals surface area contributed by atoms with Crippen LogP contribution in [0.5, 0.6) is 0 Å². The number of nitrogens with zero attached hydrogens (tertiary/aromatic N) is 3. The lowest BCUT2D eigenvalue weighted by atomic mass is 9.62. The van der Waals surface area contributed by atoms with Gasteiger partial charge in [0.25, 0.3) is 0 Å². The molecule has 2 aromatic rings. The molecule has 2 atom stereocenters. The van der Waals surface area contributed by atoms with Gasteiger partial charge in [0.05, 0.1) is 30.3 Å². The highest BCUT2D eigenvalue weighted by Crippen LogP contribution is 2.54. The van der Waals surface area contributed by atoms with Crippen molar-refractivity contribution in [3.05, 3.63) is 71.8 Å². The fourth-order valence-corrected chi connectivity index (χ4v) is 4.13. The Balaban J connectivity index is 2.30. The van der Waals surface area contributed by atoms with Crippen molar-refractivity contribution in [3.8, 4) is 0 Å². The number of aryl methyl sites for hydroxylation is 1. The van der Waals surface area contributed by atoms with Crippen molar-refractivity contribution in [3.63, 3.8) is 0 Å². The number of fused-ring (bicyclic) bond motifs is 2. The fourth-order valence-electron chi connectivity index (χ4n) is 4.13. The molecule has 162 valence electrons. The van der Waals surface area contributed by atoms with E-state index >= 15 is 0 Å². The maximum atomic E-state index is 11.0. The van der Waals surface area contributed by atoms with E-state index in [4.69, 9.17) is 9.72 Å². The van der Waals surface area contributed by atoms with E-state index < -0.39 is 5.92 Å². The molecule has 0 saturated carbocycles. The molecule has 1 aliphatic carbocycles. The largest absolute Gasteiger partial charge is 0.508 e. The van der Waals surface area contributed by atoms with E-state index in [2.05, 4.69) is 50.0 Å². The molecule has 31 heavy (non-hydrogen) atoms. The number of aromatic nitrogens is 1. The van der Waals surface area contributed by atoms with Crippen LogP contribution >= 0.6 is 0 Å². The Labute approximate surface area is 184 Å². The Morgan fingerprint density at radius 2 is 2.03 bits per heavy atom. The highest BCUT2D eigenvalue weighted by atomic mass is 16.5. The number of hydrogen-bond acceptors (Lipinski definition) is 4. The smallest absolute Gasteiger partial charge is 0.136 e. The van der Waals surface area contributed by atoms with Gasteiger partial charge in [0.2, 0.25) is 0 Å². The molecule has 0 bridgehead atoms. The first-order chi connectivity index (χ1) is 14.6. The number of aliphatic hydroxyl groups excluding tert-OH is 1. The van der Waals surface area contributed by atoms with Gasteiger partial charge in [0.15, 0.2) is 0 Å². The highest BCUT2D eigenvalue weighted by molar-refractivity contribution is 5.98. The van der Waals surface area contributed by atoms with Crippen molar-refractivity contribution in [1.82, 2.24) is 4.98 Å². The molecule has 2 unspecified atom stereocenters. The SMILES string of the molecule is C=CC(C)=NC=NC(C)C(/C(O)=C/OC)c1c2c(nc3c(C)cccc13)C(C)(C)C2=C. The predicted octanol–water partition coefficient (Wildman–Crippen LogP) is 6.04. The summed E-state index contributed by atoms with van der Waals surface area (Å²) >= 11 is 0. The van der Waals surface area contributed by atoms with Crippen molar-refractivity contribution in [2.45, 2.75) is 52.0 Å². The molecule has 0 radical (unpaired) electrons. The molecule has 1 heterocycles. The summed E-state index contributed by atoms with van der Waals surface area (Å²) in [7, 11) is 1.52. The van der Waals surface area contributed by atoms with Gasteiger partial charge in [-0.05, 0) is 43.5 Å². The van der Waals surface area contributed by atoms with Crippen LogP contribution in [0.15, 0.2) is 59.4 Å².